The highest BCUT2D eigenvalue weighted by molar-refractivity contribution is 5.96. The van der Waals surface area contributed by atoms with Crippen LogP contribution in [0.4, 0.5) is 15.8 Å². The summed E-state index contributed by atoms with van der Waals surface area (Å²) in [6.45, 7) is 4.21. The number of morpholine rings is 1. The molecule has 0 bridgehead atoms. The lowest BCUT2D eigenvalue weighted by Crippen LogP contribution is -2.37. The molecule has 5 nitrogen and oxygen atoms in total. The summed E-state index contributed by atoms with van der Waals surface area (Å²) in [7, 11) is 0. The Balaban J connectivity index is 2.32. The zero-order valence-electron chi connectivity index (χ0n) is 10.8. The molecule has 0 amide bonds. The maximum absolute atomic E-state index is 13.9. The predicted octanol–water partition coefficient (Wildman–Crippen LogP) is 1.42. The van der Waals surface area contributed by atoms with Crippen molar-refractivity contribution in [2.24, 2.45) is 0 Å². The van der Waals surface area contributed by atoms with Crippen molar-refractivity contribution in [2.75, 3.05) is 43.5 Å². The highest BCUT2D eigenvalue weighted by Crippen LogP contribution is 2.26. The summed E-state index contributed by atoms with van der Waals surface area (Å²) >= 11 is 0. The lowest BCUT2D eigenvalue weighted by atomic mass is 10.1. The molecule has 2 rings (SSSR count). The van der Waals surface area contributed by atoms with Crippen LogP contribution >= 0.6 is 0 Å². The zero-order chi connectivity index (χ0) is 13.8. The van der Waals surface area contributed by atoms with Gasteiger partial charge in [0.05, 0.1) is 31.1 Å². The van der Waals surface area contributed by atoms with Crippen molar-refractivity contribution in [3.05, 3.63) is 23.5 Å². The third kappa shape index (κ3) is 2.96. The van der Waals surface area contributed by atoms with Gasteiger partial charge in [0, 0.05) is 18.8 Å². The van der Waals surface area contributed by atoms with E-state index in [1.54, 1.807) is 6.92 Å². The molecule has 19 heavy (non-hydrogen) atoms. The van der Waals surface area contributed by atoms with E-state index in [2.05, 4.69) is 0 Å². The molecule has 1 aliphatic heterocycles. The third-order valence-corrected chi connectivity index (χ3v) is 2.97. The largest absolute Gasteiger partial charge is 0.462 e. The molecule has 0 aliphatic carbocycles. The number of carbonyl (C=O) groups is 1. The molecule has 1 saturated heterocycles. The molecule has 0 atom stereocenters. The summed E-state index contributed by atoms with van der Waals surface area (Å²) in [6, 6.07) is 2.62. The summed E-state index contributed by atoms with van der Waals surface area (Å²) in [4.78, 5) is 13.6. The molecule has 2 N–H and O–H groups in total. The van der Waals surface area contributed by atoms with Gasteiger partial charge in [-0.15, -0.1) is 0 Å². The molecule has 0 unspecified atom stereocenters. The van der Waals surface area contributed by atoms with Gasteiger partial charge < -0.3 is 20.1 Å². The average Bonchev–Trinajstić information content (AvgIpc) is 2.40. The van der Waals surface area contributed by atoms with Crippen LogP contribution in [0.3, 0.4) is 0 Å². The summed E-state index contributed by atoms with van der Waals surface area (Å²) in [5.41, 5.74) is 6.32. The van der Waals surface area contributed by atoms with Gasteiger partial charge >= 0.3 is 5.97 Å². The van der Waals surface area contributed by atoms with Gasteiger partial charge in [0.2, 0.25) is 0 Å². The Kier molecular flexibility index (Phi) is 4.21. The van der Waals surface area contributed by atoms with E-state index in [0.29, 0.717) is 32.0 Å². The van der Waals surface area contributed by atoms with Crippen molar-refractivity contribution < 1.29 is 18.7 Å². The van der Waals surface area contributed by atoms with Gasteiger partial charge in [0.25, 0.3) is 0 Å². The fourth-order valence-electron chi connectivity index (χ4n) is 2.01. The average molecular weight is 268 g/mol. The van der Waals surface area contributed by atoms with Crippen molar-refractivity contribution in [3.63, 3.8) is 0 Å². The molecule has 0 spiro atoms. The number of rotatable bonds is 3. The second-order valence-corrected chi connectivity index (χ2v) is 4.21. The highest BCUT2D eigenvalue weighted by Gasteiger charge is 2.20. The van der Waals surface area contributed by atoms with Crippen LogP contribution in [0.25, 0.3) is 0 Å². The Morgan fingerprint density at radius 1 is 1.47 bits per heavy atom. The van der Waals surface area contributed by atoms with Crippen LogP contribution in [0.5, 0.6) is 0 Å². The van der Waals surface area contributed by atoms with Gasteiger partial charge in [0.1, 0.15) is 5.82 Å². The van der Waals surface area contributed by atoms with E-state index < -0.39 is 11.8 Å². The Morgan fingerprint density at radius 2 is 2.16 bits per heavy atom. The predicted molar refractivity (Wildman–Crippen MR) is 69.8 cm³/mol. The van der Waals surface area contributed by atoms with Gasteiger partial charge in [-0.3, -0.25) is 0 Å². The summed E-state index contributed by atoms with van der Waals surface area (Å²) in [5.74, 6) is -0.970. The molecule has 6 heteroatoms. The number of nitrogens with two attached hydrogens (primary N) is 1. The minimum absolute atomic E-state index is 0.0907. The van der Waals surface area contributed by atoms with E-state index in [4.69, 9.17) is 15.2 Å². The van der Waals surface area contributed by atoms with E-state index in [0.717, 1.165) is 6.07 Å². The summed E-state index contributed by atoms with van der Waals surface area (Å²) in [6.07, 6.45) is 0. The first-order chi connectivity index (χ1) is 9.13. The Labute approximate surface area is 111 Å². The molecule has 0 radical (unpaired) electrons. The number of carbonyl (C=O) groups excluding carboxylic acids is 1. The van der Waals surface area contributed by atoms with E-state index in [9.17, 15) is 9.18 Å². The molecule has 1 aromatic carbocycles. The zero-order valence-corrected chi connectivity index (χ0v) is 10.8. The molecule has 104 valence electrons. The van der Waals surface area contributed by atoms with Gasteiger partial charge in [-0.05, 0) is 19.1 Å². The van der Waals surface area contributed by atoms with Gasteiger partial charge in [0.15, 0.2) is 0 Å². The van der Waals surface area contributed by atoms with Crippen LogP contribution in [-0.4, -0.2) is 38.9 Å². The SMILES string of the molecule is CCOC(=O)c1cc(N2CCOCC2)c(F)cc1N. The normalized spacial score (nSPS) is 15.4. The number of hydrogen-bond acceptors (Lipinski definition) is 5. The number of esters is 1. The summed E-state index contributed by atoms with van der Waals surface area (Å²) in [5, 5.41) is 0. The van der Waals surface area contributed by atoms with Crippen molar-refractivity contribution in [2.45, 2.75) is 6.92 Å². The second-order valence-electron chi connectivity index (χ2n) is 4.21. The van der Waals surface area contributed by atoms with Crippen LogP contribution in [-0.2, 0) is 9.47 Å². The van der Waals surface area contributed by atoms with Crippen molar-refractivity contribution in [1.82, 2.24) is 0 Å². The topological polar surface area (TPSA) is 64.8 Å². The molecule has 0 saturated carbocycles. The Morgan fingerprint density at radius 3 is 2.79 bits per heavy atom. The third-order valence-electron chi connectivity index (χ3n) is 2.97. The molecule has 1 fully saturated rings. The quantitative estimate of drug-likeness (QED) is 0.663. The number of benzene rings is 1. The first-order valence-corrected chi connectivity index (χ1v) is 6.22. The Hall–Kier alpha value is -1.82. The number of nitrogens with zero attached hydrogens (tertiary/aromatic N) is 1. The van der Waals surface area contributed by atoms with Crippen LogP contribution in [0, 0.1) is 5.82 Å². The fraction of sp³-hybridized carbons (Fsp3) is 0.462. The van der Waals surface area contributed by atoms with Crippen LogP contribution in [0.2, 0.25) is 0 Å². The fourth-order valence-corrected chi connectivity index (χ4v) is 2.01. The number of hydrogen-bond donors (Lipinski definition) is 1. The molecular weight excluding hydrogens is 251 g/mol. The highest BCUT2D eigenvalue weighted by atomic mass is 19.1. The molecule has 1 heterocycles. The molecule has 0 aromatic heterocycles. The standard InChI is InChI=1S/C13H17FN2O3/c1-2-19-13(17)9-7-12(10(14)8-11(9)15)16-3-5-18-6-4-16/h7-8H,2-6,15H2,1H3. The van der Waals surface area contributed by atoms with Crippen LogP contribution in [0.1, 0.15) is 17.3 Å². The second kappa shape index (κ2) is 5.88. The van der Waals surface area contributed by atoms with Gasteiger partial charge in [-0.25, -0.2) is 9.18 Å². The van der Waals surface area contributed by atoms with E-state index in [-0.39, 0.29) is 17.9 Å². The van der Waals surface area contributed by atoms with E-state index in [1.165, 1.54) is 6.07 Å². The smallest absolute Gasteiger partial charge is 0.340 e. The van der Waals surface area contributed by atoms with Crippen LogP contribution in [0.15, 0.2) is 12.1 Å². The van der Waals surface area contributed by atoms with E-state index >= 15 is 0 Å². The first-order valence-electron chi connectivity index (χ1n) is 6.22. The monoisotopic (exact) mass is 268 g/mol. The van der Waals surface area contributed by atoms with E-state index in [1.807, 2.05) is 4.90 Å². The number of halogens is 1. The first kappa shape index (κ1) is 13.6. The van der Waals surface area contributed by atoms with Crippen LogP contribution < -0.4 is 10.6 Å². The minimum Gasteiger partial charge on any atom is -0.462 e. The minimum atomic E-state index is -0.533. The van der Waals surface area contributed by atoms with Gasteiger partial charge in [-0.1, -0.05) is 0 Å². The lowest BCUT2D eigenvalue weighted by molar-refractivity contribution is 0.0527. The molecular formula is C13H17FN2O3. The van der Waals surface area contributed by atoms with Crippen molar-refractivity contribution >= 4 is 17.3 Å². The Bertz CT molecular complexity index is 473. The summed E-state index contributed by atoms with van der Waals surface area (Å²) < 4.78 is 24.1. The number of nitrogen functional groups attached to an aromatic ring is 1. The maximum Gasteiger partial charge on any atom is 0.340 e. The van der Waals surface area contributed by atoms with Gasteiger partial charge in [-0.2, -0.15) is 0 Å². The number of anilines is 2. The molecule has 1 aromatic rings. The number of ether oxygens (including phenoxy) is 2. The van der Waals surface area contributed by atoms with Crippen molar-refractivity contribution in [1.29, 1.82) is 0 Å². The lowest BCUT2D eigenvalue weighted by Gasteiger charge is -2.29. The van der Waals surface area contributed by atoms with Crippen molar-refractivity contribution in [3.8, 4) is 0 Å². The maximum atomic E-state index is 13.9. The molecule has 1 aliphatic rings.